The molecular weight excluding hydrogens is 668 g/mol. The van der Waals surface area contributed by atoms with Crippen LogP contribution in [0.1, 0.15) is 129 Å². The van der Waals surface area contributed by atoms with Crippen LogP contribution in [-0.2, 0) is 30.5 Å². The molecule has 1 aliphatic carbocycles. The van der Waals surface area contributed by atoms with Gasteiger partial charge in [0.1, 0.15) is 19.7 Å². The number of amides is 2. The van der Waals surface area contributed by atoms with Crippen LogP contribution in [0.4, 0.5) is 0 Å². The summed E-state index contributed by atoms with van der Waals surface area (Å²) in [6.07, 6.45) is 10.6. The fourth-order valence-corrected chi connectivity index (χ4v) is 8.30. The molecule has 1 aromatic rings. The van der Waals surface area contributed by atoms with Gasteiger partial charge in [-0.1, -0.05) is 70.7 Å². The highest BCUT2D eigenvalue weighted by Crippen LogP contribution is 2.46. The average molecular weight is 745 g/mol. The maximum Gasteiger partial charge on any atom is 0.308 e. The van der Waals surface area contributed by atoms with Crippen LogP contribution in [0.25, 0.3) is 0 Å². The molecule has 7 unspecified atom stereocenters. The molecule has 53 heavy (non-hydrogen) atoms. The minimum absolute atomic E-state index is 0.0312. The molecule has 1 aliphatic rings. The van der Waals surface area contributed by atoms with Crippen LogP contribution >= 0.6 is 0 Å². The molecule has 0 heterocycles. The zero-order valence-corrected chi connectivity index (χ0v) is 34.8. The van der Waals surface area contributed by atoms with Crippen molar-refractivity contribution in [3.63, 3.8) is 0 Å². The number of quaternary nitrogens is 2. The van der Waals surface area contributed by atoms with E-state index in [-0.39, 0.29) is 48.0 Å². The summed E-state index contributed by atoms with van der Waals surface area (Å²) in [5.41, 5.74) is 8.04. The third kappa shape index (κ3) is 16.5. The lowest BCUT2D eigenvalue weighted by Gasteiger charge is -2.31. The van der Waals surface area contributed by atoms with E-state index in [4.69, 9.17) is 10.5 Å². The van der Waals surface area contributed by atoms with Gasteiger partial charge >= 0.3 is 11.9 Å². The Kier molecular flexibility index (Phi) is 19.5. The number of aliphatic carboxylic acids is 1. The second-order valence-electron chi connectivity index (χ2n) is 17.5. The number of hydrogen-bond donors (Lipinski definition) is 3. The molecule has 4 N–H and O–H groups in total. The SMILES string of the molecule is CCCCCCCC[N+](C)(C)CCOC(=O)C(C)CC(CC1CC(NC(C)=O)CC1C(CC(CC)C(N)=O)C(=O)O)c1ccc(C[N+](C)(C)CC)cc1. The Morgan fingerprint density at radius 3 is 2.11 bits per heavy atom. The molecule has 0 aromatic heterocycles. The van der Waals surface area contributed by atoms with Crippen molar-refractivity contribution in [3.8, 4) is 0 Å². The van der Waals surface area contributed by atoms with Crippen molar-refractivity contribution in [1.29, 1.82) is 0 Å². The van der Waals surface area contributed by atoms with Gasteiger partial charge in [-0.3, -0.25) is 19.2 Å². The van der Waals surface area contributed by atoms with Gasteiger partial charge in [0.25, 0.3) is 0 Å². The Morgan fingerprint density at radius 1 is 0.906 bits per heavy atom. The average Bonchev–Trinajstić information content (AvgIpc) is 3.46. The monoisotopic (exact) mass is 745 g/mol. The van der Waals surface area contributed by atoms with Gasteiger partial charge in [-0.05, 0) is 81.6 Å². The van der Waals surface area contributed by atoms with Crippen LogP contribution in [-0.4, -0.2) is 98.3 Å². The molecule has 0 aliphatic heterocycles. The van der Waals surface area contributed by atoms with Crippen molar-refractivity contribution in [2.24, 2.45) is 35.3 Å². The van der Waals surface area contributed by atoms with Crippen LogP contribution in [0.2, 0.25) is 0 Å². The number of carbonyl (C=O) groups excluding carboxylic acids is 3. The summed E-state index contributed by atoms with van der Waals surface area (Å²) in [6.45, 7) is 13.8. The molecular formula is C43H76N4O6+2. The van der Waals surface area contributed by atoms with Gasteiger partial charge in [0, 0.05) is 24.4 Å². The standard InChI is InChI=1S/C43H74N4O6/c1-10-13-14-15-16-17-22-47(8,9)23-24-53-43(52)31(4)25-36(35-20-18-33(19-21-35)30-46(6,7)12-3)26-37-27-38(45-32(5)48)29-39(37)40(42(50)51)28-34(11-2)41(44)49/h18-21,31,34,36-40H,10-17,22-30H2,1-9H3,(H2-2,44,45,48,49,50,51)/p+2. The van der Waals surface area contributed by atoms with Gasteiger partial charge in [0.15, 0.2) is 0 Å². The fourth-order valence-electron chi connectivity index (χ4n) is 8.30. The van der Waals surface area contributed by atoms with E-state index >= 15 is 0 Å². The maximum absolute atomic E-state index is 13.5. The first-order chi connectivity index (χ1) is 24.9. The zero-order valence-electron chi connectivity index (χ0n) is 34.8. The van der Waals surface area contributed by atoms with Crippen LogP contribution in [0, 0.1) is 29.6 Å². The zero-order chi connectivity index (χ0) is 39.8. The van der Waals surface area contributed by atoms with Gasteiger partial charge in [0.2, 0.25) is 11.8 Å². The van der Waals surface area contributed by atoms with Gasteiger partial charge in [0.05, 0.1) is 53.1 Å². The number of carboxylic acid groups (broad SMARTS) is 1. The first-order valence-electron chi connectivity index (χ1n) is 20.6. The predicted octanol–water partition coefficient (Wildman–Crippen LogP) is 6.90. The number of nitrogens with two attached hydrogens (primary N) is 1. The number of primary amides is 1. The molecule has 2 rings (SSSR count). The maximum atomic E-state index is 13.5. The van der Waals surface area contributed by atoms with E-state index in [2.05, 4.69) is 71.6 Å². The molecule has 302 valence electrons. The van der Waals surface area contributed by atoms with Gasteiger partial charge < -0.3 is 29.9 Å². The van der Waals surface area contributed by atoms with E-state index in [0.717, 1.165) is 40.7 Å². The van der Waals surface area contributed by atoms with Gasteiger partial charge in [-0.25, -0.2) is 0 Å². The molecule has 10 nitrogen and oxygen atoms in total. The first kappa shape index (κ1) is 46.2. The highest BCUT2D eigenvalue weighted by molar-refractivity contribution is 5.78. The lowest BCUT2D eigenvalue weighted by molar-refractivity contribution is -0.901. The number of carboxylic acids is 1. The van der Waals surface area contributed by atoms with Crippen molar-refractivity contribution in [2.75, 3.05) is 54.4 Å². The Hall–Kier alpha value is -2.98. The predicted molar refractivity (Wildman–Crippen MR) is 213 cm³/mol. The van der Waals surface area contributed by atoms with E-state index in [1.807, 2.05) is 13.8 Å². The topological polar surface area (TPSA) is 136 Å². The largest absolute Gasteiger partial charge is 0.481 e. The molecule has 2 amide bonds. The summed E-state index contributed by atoms with van der Waals surface area (Å²) in [5.74, 6) is -3.75. The number of likely N-dealkylation sites (N-methyl/N-ethyl adjacent to an activating group) is 1. The Morgan fingerprint density at radius 2 is 1.55 bits per heavy atom. The van der Waals surface area contributed by atoms with E-state index in [1.54, 1.807) is 0 Å². The Labute approximate surface area is 321 Å². The molecule has 1 saturated carbocycles. The summed E-state index contributed by atoms with van der Waals surface area (Å²) in [6, 6.07) is 8.53. The van der Waals surface area contributed by atoms with E-state index in [0.29, 0.717) is 38.7 Å². The second-order valence-corrected chi connectivity index (χ2v) is 17.5. The normalized spacial score (nSPS) is 20.0. The van der Waals surface area contributed by atoms with Crippen molar-refractivity contribution in [1.82, 2.24) is 5.32 Å². The summed E-state index contributed by atoms with van der Waals surface area (Å²) < 4.78 is 7.58. The van der Waals surface area contributed by atoms with Crippen LogP contribution < -0.4 is 11.1 Å². The number of carbonyl (C=O) groups is 4. The van der Waals surface area contributed by atoms with Gasteiger partial charge in [-0.2, -0.15) is 0 Å². The number of rotatable bonds is 26. The number of ether oxygens (including phenoxy) is 1. The lowest BCUT2D eigenvalue weighted by Crippen LogP contribution is -2.43. The molecule has 7 atom stereocenters. The number of nitrogens with one attached hydrogen (secondary N) is 1. The fraction of sp³-hybridized carbons (Fsp3) is 0.767. The molecule has 10 heteroatoms. The van der Waals surface area contributed by atoms with Crippen molar-refractivity contribution in [3.05, 3.63) is 35.4 Å². The highest BCUT2D eigenvalue weighted by Gasteiger charge is 2.44. The smallest absolute Gasteiger partial charge is 0.308 e. The lowest BCUT2D eigenvalue weighted by atomic mass is 9.73. The minimum Gasteiger partial charge on any atom is -0.481 e. The molecule has 0 radical (unpaired) electrons. The van der Waals surface area contributed by atoms with Crippen LogP contribution in [0.3, 0.4) is 0 Å². The highest BCUT2D eigenvalue weighted by atomic mass is 16.5. The van der Waals surface area contributed by atoms with Crippen LogP contribution in [0.15, 0.2) is 24.3 Å². The van der Waals surface area contributed by atoms with Crippen molar-refractivity contribution < 1.29 is 38.0 Å². The van der Waals surface area contributed by atoms with Crippen LogP contribution in [0.5, 0.6) is 0 Å². The molecule has 0 saturated heterocycles. The third-order valence-corrected chi connectivity index (χ3v) is 12.0. The minimum atomic E-state index is -0.935. The summed E-state index contributed by atoms with van der Waals surface area (Å²) in [5, 5.41) is 13.5. The summed E-state index contributed by atoms with van der Waals surface area (Å²) in [4.78, 5) is 50.7. The summed E-state index contributed by atoms with van der Waals surface area (Å²) in [7, 11) is 8.83. The van der Waals surface area contributed by atoms with E-state index in [1.165, 1.54) is 51.0 Å². The molecule has 1 aromatic carbocycles. The van der Waals surface area contributed by atoms with Gasteiger partial charge in [-0.15, -0.1) is 0 Å². The summed E-state index contributed by atoms with van der Waals surface area (Å²) >= 11 is 0. The third-order valence-electron chi connectivity index (χ3n) is 12.0. The quantitative estimate of drug-likeness (QED) is 0.0537. The second kappa shape index (κ2) is 22.4. The number of nitrogens with zero attached hydrogens (tertiary/aromatic N) is 2. The number of unbranched alkanes of at least 4 members (excludes halogenated alkanes) is 5. The Bertz CT molecular complexity index is 1280. The Balaban J connectivity index is 2.29. The first-order valence-corrected chi connectivity index (χ1v) is 20.6. The van der Waals surface area contributed by atoms with E-state index in [9.17, 15) is 24.3 Å². The molecule has 0 spiro atoms. The number of benzene rings is 1. The number of hydrogen-bond acceptors (Lipinski definition) is 5. The number of esters is 1. The molecule has 1 fully saturated rings. The molecule has 0 bridgehead atoms. The van der Waals surface area contributed by atoms with Crippen molar-refractivity contribution in [2.45, 2.75) is 130 Å². The van der Waals surface area contributed by atoms with E-state index < -0.39 is 23.7 Å². The van der Waals surface area contributed by atoms with Crippen molar-refractivity contribution >= 4 is 23.8 Å².